The van der Waals surface area contributed by atoms with E-state index in [0.717, 1.165) is 49.9 Å². The lowest BCUT2D eigenvalue weighted by Gasteiger charge is -2.33. The van der Waals surface area contributed by atoms with Crippen molar-refractivity contribution < 1.29 is 10.2 Å². The number of hydrogen-bond donors (Lipinski definition) is 2. The number of aliphatic hydroxyl groups excluding tert-OH is 2. The highest BCUT2D eigenvalue weighted by atomic mass is 16.3. The molecular formula is C26H50O2. The molecule has 2 fully saturated rings. The van der Waals surface area contributed by atoms with E-state index in [2.05, 4.69) is 27.7 Å². The van der Waals surface area contributed by atoms with Crippen LogP contribution in [-0.4, -0.2) is 22.4 Å². The molecule has 2 nitrogen and oxygen atoms in total. The molecule has 2 rings (SSSR count). The van der Waals surface area contributed by atoms with Crippen molar-refractivity contribution in [3.8, 4) is 0 Å². The lowest BCUT2D eigenvalue weighted by molar-refractivity contribution is 0.0448. The first kappa shape index (κ1) is 24.2. The summed E-state index contributed by atoms with van der Waals surface area (Å²) >= 11 is 0. The third-order valence-electron chi connectivity index (χ3n) is 8.28. The highest BCUT2D eigenvalue weighted by Gasteiger charge is 2.28. The first-order valence-electron chi connectivity index (χ1n) is 12.7. The second kappa shape index (κ2) is 12.6. The van der Waals surface area contributed by atoms with Crippen LogP contribution in [0.3, 0.4) is 0 Å². The quantitative estimate of drug-likeness (QED) is 0.397. The van der Waals surface area contributed by atoms with Gasteiger partial charge >= 0.3 is 0 Å². The molecule has 2 aliphatic carbocycles. The smallest absolute Gasteiger partial charge is 0.0571 e. The van der Waals surface area contributed by atoms with E-state index < -0.39 is 0 Å². The molecule has 0 radical (unpaired) electrons. The van der Waals surface area contributed by atoms with E-state index in [-0.39, 0.29) is 12.2 Å². The van der Waals surface area contributed by atoms with E-state index in [1.54, 1.807) is 0 Å². The Balaban J connectivity index is 1.67. The molecule has 0 saturated heterocycles. The summed E-state index contributed by atoms with van der Waals surface area (Å²) in [4.78, 5) is 0. The molecule has 0 spiro atoms. The van der Waals surface area contributed by atoms with E-state index in [1.165, 1.54) is 57.8 Å². The molecule has 3 unspecified atom stereocenters. The largest absolute Gasteiger partial charge is 0.393 e. The molecular weight excluding hydrogens is 344 g/mol. The van der Waals surface area contributed by atoms with Crippen LogP contribution in [0.5, 0.6) is 0 Å². The van der Waals surface area contributed by atoms with Gasteiger partial charge in [0.05, 0.1) is 12.2 Å². The van der Waals surface area contributed by atoms with Crippen molar-refractivity contribution in [2.75, 3.05) is 0 Å². The van der Waals surface area contributed by atoms with Gasteiger partial charge in [0.15, 0.2) is 0 Å². The van der Waals surface area contributed by atoms with Crippen LogP contribution in [0.2, 0.25) is 0 Å². The molecule has 166 valence electrons. The van der Waals surface area contributed by atoms with Crippen molar-refractivity contribution in [2.24, 2.45) is 35.5 Å². The fourth-order valence-electron chi connectivity index (χ4n) is 6.00. The van der Waals surface area contributed by atoms with Crippen LogP contribution in [0.25, 0.3) is 0 Å². The van der Waals surface area contributed by atoms with Gasteiger partial charge in [-0.1, -0.05) is 79.1 Å². The van der Waals surface area contributed by atoms with Crippen LogP contribution in [-0.2, 0) is 0 Å². The molecule has 0 aromatic rings. The third kappa shape index (κ3) is 8.34. The Labute approximate surface area is 175 Å². The lowest BCUT2D eigenvalue weighted by atomic mass is 9.75. The average molecular weight is 395 g/mol. The normalized spacial score (nSPS) is 32.2. The SMILES string of the molecule is CCC1CCCC(C[C@H](O)CCC[C@@H](CC(O)[C@H]2CC[C@@H](C)CC2)C(C)C)C1. The fourth-order valence-corrected chi connectivity index (χ4v) is 6.00. The van der Waals surface area contributed by atoms with Crippen LogP contribution < -0.4 is 0 Å². The third-order valence-corrected chi connectivity index (χ3v) is 8.28. The molecule has 2 saturated carbocycles. The minimum Gasteiger partial charge on any atom is -0.393 e. The molecule has 0 bridgehead atoms. The standard InChI is InChI=1S/C26H50O2/c1-5-21-8-6-9-22(16-21)17-25(27)11-7-10-24(19(2)3)18-26(28)23-14-12-20(4)13-15-23/h19-28H,5-18H2,1-4H3/t20-,21?,22?,23+,24-,25+,26?/m0/s1. The van der Waals surface area contributed by atoms with Gasteiger partial charge in [-0.05, 0) is 74.0 Å². The number of aliphatic hydroxyl groups is 2. The Kier molecular flexibility index (Phi) is 10.9. The fraction of sp³-hybridized carbons (Fsp3) is 1.00. The Hall–Kier alpha value is -0.0800. The van der Waals surface area contributed by atoms with Gasteiger partial charge in [-0.2, -0.15) is 0 Å². The average Bonchev–Trinajstić information content (AvgIpc) is 2.67. The molecule has 0 aromatic carbocycles. The second-order valence-corrected chi connectivity index (χ2v) is 11.0. The van der Waals surface area contributed by atoms with Gasteiger partial charge in [-0.25, -0.2) is 0 Å². The summed E-state index contributed by atoms with van der Waals surface area (Å²) in [7, 11) is 0. The molecule has 0 amide bonds. The number of hydrogen-bond acceptors (Lipinski definition) is 2. The Bertz CT molecular complexity index is 399. The zero-order valence-electron chi connectivity index (χ0n) is 19.4. The summed E-state index contributed by atoms with van der Waals surface area (Å²) in [6.45, 7) is 9.28. The van der Waals surface area contributed by atoms with Crippen LogP contribution in [0.15, 0.2) is 0 Å². The van der Waals surface area contributed by atoms with E-state index in [9.17, 15) is 10.2 Å². The van der Waals surface area contributed by atoms with Crippen molar-refractivity contribution >= 4 is 0 Å². The van der Waals surface area contributed by atoms with Crippen molar-refractivity contribution in [1.82, 2.24) is 0 Å². The summed E-state index contributed by atoms with van der Waals surface area (Å²) in [5.41, 5.74) is 0. The van der Waals surface area contributed by atoms with Gasteiger partial charge in [-0.15, -0.1) is 0 Å². The molecule has 2 N–H and O–H groups in total. The molecule has 0 aliphatic heterocycles. The monoisotopic (exact) mass is 394 g/mol. The zero-order valence-corrected chi connectivity index (χ0v) is 19.4. The van der Waals surface area contributed by atoms with Crippen LogP contribution in [0.4, 0.5) is 0 Å². The maximum absolute atomic E-state index is 10.8. The first-order chi connectivity index (χ1) is 13.4. The molecule has 5 atom stereocenters. The van der Waals surface area contributed by atoms with Gasteiger partial charge in [0, 0.05) is 0 Å². The predicted molar refractivity (Wildman–Crippen MR) is 120 cm³/mol. The van der Waals surface area contributed by atoms with Gasteiger partial charge < -0.3 is 10.2 Å². The van der Waals surface area contributed by atoms with Crippen molar-refractivity contribution in [3.63, 3.8) is 0 Å². The summed E-state index contributed by atoms with van der Waals surface area (Å²) in [6.07, 6.45) is 16.7. The highest BCUT2D eigenvalue weighted by Crippen LogP contribution is 2.36. The summed E-state index contributed by atoms with van der Waals surface area (Å²) in [6, 6.07) is 0. The van der Waals surface area contributed by atoms with E-state index >= 15 is 0 Å². The predicted octanol–water partition coefficient (Wildman–Crippen LogP) is 6.97. The van der Waals surface area contributed by atoms with Gasteiger partial charge in [0.1, 0.15) is 0 Å². The molecule has 0 heterocycles. The van der Waals surface area contributed by atoms with E-state index in [4.69, 9.17) is 0 Å². The molecule has 28 heavy (non-hydrogen) atoms. The Morgan fingerprint density at radius 1 is 0.893 bits per heavy atom. The van der Waals surface area contributed by atoms with Crippen molar-refractivity contribution in [1.29, 1.82) is 0 Å². The van der Waals surface area contributed by atoms with Gasteiger partial charge in [0.2, 0.25) is 0 Å². The van der Waals surface area contributed by atoms with Crippen LogP contribution in [0, 0.1) is 35.5 Å². The second-order valence-electron chi connectivity index (χ2n) is 11.0. The topological polar surface area (TPSA) is 40.5 Å². The lowest BCUT2D eigenvalue weighted by Crippen LogP contribution is -2.28. The molecule has 2 aliphatic rings. The van der Waals surface area contributed by atoms with Crippen molar-refractivity contribution in [2.45, 2.75) is 130 Å². The first-order valence-corrected chi connectivity index (χ1v) is 12.7. The molecule has 0 aromatic heterocycles. The summed E-state index contributed by atoms with van der Waals surface area (Å²) < 4.78 is 0. The van der Waals surface area contributed by atoms with Gasteiger partial charge in [-0.3, -0.25) is 0 Å². The summed E-state index contributed by atoms with van der Waals surface area (Å²) in [5.74, 6) is 4.26. The maximum Gasteiger partial charge on any atom is 0.0571 e. The number of rotatable bonds is 11. The Morgan fingerprint density at radius 2 is 1.57 bits per heavy atom. The molecule has 2 heteroatoms. The maximum atomic E-state index is 10.8. The Morgan fingerprint density at radius 3 is 2.21 bits per heavy atom. The van der Waals surface area contributed by atoms with Crippen molar-refractivity contribution in [3.05, 3.63) is 0 Å². The van der Waals surface area contributed by atoms with Crippen LogP contribution >= 0.6 is 0 Å². The minimum atomic E-state index is -0.113. The van der Waals surface area contributed by atoms with Crippen LogP contribution in [0.1, 0.15) is 118 Å². The van der Waals surface area contributed by atoms with E-state index in [1.807, 2.05) is 0 Å². The zero-order chi connectivity index (χ0) is 20.5. The van der Waals surface area contributed by atoms with Gasteiger partial charge in [0.25, 0.3) is 0 Å². The highest BCUT2D eigenvalue weighted by molar-refractivity contribution is 4.80. The minimum absolute atomic E-state index is 0.113. The van der Waals surface area contributed by atoms with E-state index in [0.29, 0.717) is 17.8 Å². The summed E-state index contributed by atoms with van der Waals surface area (Å²) in [5, 5.41) is 21.4.